The second-order valence-corrected chi connectivity index (χ2v) is 3.46. The van der Waals surface area contributed by atoms with Crippen molar-refractivity contribution in [1.29, 1.82) is 0 Å². The Labute approximate surface area is 107 Å². The first kappa shape index (κ1) is 18.0. The van der Waals surface area contributed by atoms with Crippen molar-refractivity contribution in [3.63, 3.8) is 0 Å². The van der Waals surface area contributed by atoms with Gasteiger partial charge in [0.2, 0.25) is 0 Å². The largest absolute Gasteiger partial charge is 1.00 e. The molecule has 5 nitrogen and oxygen atoms in total. The highest BCUT2D eigenvalue weighted by atomic mass is 35.5. The van der Waals surface area contributed by atoms with Crippen LogP contribution in [0.25, 0.3) is 0 Å². The van der Waals surface area contributed by atoms with E-state index in [-0.39, 0.29) is 31.9 Å². The van der Waals surface area contributed by atoms with Gasteiger partial charge in [-0.25, -0.2) is 9.59 Å². The van der Waals surface area contributed by atoms with Crippen LogP contribution in [0, 0.1) is 0 Å². The molecule has 98 valence electrons. The fraction of sp³-hybridized carbons (Fsp3) is 0.455. The van der Waals surface area contributed by atoms with E-state index in [0.29, 0.717) is 4.90 Å². The van der Waals surface area contributed by atoms with Crippen LogP contribution >= 0.6 is 0 Å². The van der Waals surface area contributed by atoms with E-state index in [0.717, 1.165) is 0 Å². The summed E-state index contributed by atoms with van der Waals surface area (Å²) in [5.74, 6) is -2.66. The number of aliphatic carboxylic acids is 2. The molecule has 0 aromatic carbocycles. The van der Waals surface area contributed by atoms with Crippen LogP contribution in [0.4, 0.5) is 0 Å². The molecule has 0 atom stereocenters. The minimum Gasteiger partial charge on any atom is -1.00 e. The Bertz CT molecular complexity index is 280. The molecule has 6 heteroatoms. The van der Waals surface area contributed by atoms with Gasteiger partial charge in [0, 0.05) is 6.42 Å². The summed E-state index contributed by atoms with van der Waals surface area (Å²) >= 11 is 0. The van der Waals surface area contributed by atoms with Crippen LogP contribution in [0.3, 0.4) is 0 Å². The van der Waals surface area contributed by atoms with Crippen molar-refractivity contribution in [2.45, 2.75) is 18.9 Å². The molecule has 0 heterocycles. The number of carbonyl (C=O) groups is 2. The van der Waals surface area contributed by atoms with E-state index in [4.69, 9.17) is 10.2 Å². The first-order valence-corrected chi connectivity index (χ1v) is 5.01. The molecular weight excluding hydrogens is 246 g/mol. The summed E-state index contributed by atoms with van der Waals surface area (Å²) < 4.78 is 0. The maximum absolute atomic E-state index is 11.2. The van der Waals surface area contributed by atoms with E-state index in [1.807, 2.05) is 0 Å². The lowest BCUT2D eigenvalue weighted by Gasteiger charge is -2.31. The molecule has 0 spiro atoms. The van der Waals surface area contributed by atoms with E-state index >= 15 is 0 Å². The number of hydrogen-bond acceptors (Lipinski definition) is 2. The van der Waals surface area contributed by atoms with E-state index in [9.17, 15) is 9.59 Å². The molecule has 3 N–H and O–H groups in total. The van der Waals surface area contributed by atoms with Gasteiger partial charge in [-0.15, -0.1) is 0 Å². The quantitative estimate of drug-likeness (QED) is 0.315. The van der Waals surface area contributed by atoms with Crippen molar-refractivity contribution in [3.8, 4) is 0 Å². The maximum Gasteiger partial charge on any atom is 0.377 e. The van der Waals surface area contributed by atoms with Gasteiger partial charge in [-0.2, -0.15) is 0 Å². The van der Waals surface area contributed by atoms with Gasteiger partial charge in [0.1, 0.15) is 0 Å². The summed E-state index contributed by atoms with van der Waals surface area (Å²) in [6.07, 6.45) is 3.03. The molecule has 0 aromatic heterocycles. The monoisotopic (exact) mass is 263 g/mol. The Morgan fingerprint density at radius 1 is 1.18 bits per heavy atom. The lowest BCUT2D eigenvalue weighted by Crippen LogP contribution is -3.22. The van der Waals surface area contributed by atoms with Crippen molar-refractivity contribution in [3.05, 3.63) is 25.3 Å². The smallest absolute Gasteiger partial charge is 0.377 e. The van der Waals surface area contributed by atoms with E-state index in [1.54, 1.807) is 6.92 Å². The van der Waals surface area contributed by atoms with Crippen LogP contribution in [-0.2, 0) is 9.59 Å². The van der Waals surface area contributed by atoms with Crippen molar-refractivity contribution >= 4 is 11.9 Å². The minimum atomic E-state index is -1.83. The fourth-order valence-corrected chi connectivity index (χ4v) is 1.73. The van der Waals surface area contributed by atoms with Gasteiger partial charge in [-0.1, -0.05) is 20.1 Å². The first-order valence-electron chi connectivity index (χ1n) is 5.01. The Morgan fingerprint density at radius 2 is 1.53 bits per heavy atom. The third kappa shape index (κ3) is 3.57. The van der Waals surface area contributed by atoms with Crippen molar-refractivity contribution in [1.82, 2.24) is 0 Å². The van der Waals surface area contributed by atoms with Crippen LogP contribution < -0.4 is 17.3 Å². The second-order valence-electron chi connectivity index (χ2n) is 3.46. The predicted molar refractivity (Wildman–Crippen MR) is 59.4 cm³/mol. The standard InChI is InChI=1S/C11H17NO4.ClH/c1-4-7-12(8-5-2)11(6-3,9(13)14)10(15)16;/h4-5H,1-2,6-8H2,3H3,(H,13,14)(H,15,16);1H. The summed E-state index contributed by atoms with van der Waals surface area (Å²) in [5, 5.41) is 18.3. The predicted octanol–water partition coefficient (Wildman–Crippen LogP) is -3.43. The number of nitrogens with one attached hydrogen (secondary N) is 1. The number of carboxylic acid groups (broad SMARTS) is 2. The maximum atomic E-state index is 11.2. The number of quaternary nitrogens is 1. The SMILES string of the molecule is C=CC[NH+](CC=C)C(CC)(C(=O)O)C(=O)O.[Cl-]. The van der Waals surface area contributed by atoms with E-state index in [2.05, 4.69) is 13.2 Å². The van der Waals surface area contributed by atoms with Crippen LogP contribution in [0.5, 0.6) is 0 Å². The first-order chi connectivity index (χ1) is 7.47. The molecule has 0 aliphatic carbocycles. The normalized spacial score (nSPS) is 10.5. The molecular formula is C11H18ClNO4. The molecule has 0 fully saturated rings. The second kappa shape index (κ2) is 7.86. The summed E-state index contributed by atoms with van der Waals surface area (Å²) in [6.45, 7) is 9.09. The zero-order valence-electron chi connectivity index (χ0n) is 9.78. The molecule has 0 aromatic rings. The summed E-state index contributed by atoms with van der Waals surface area (Å²) in [4.78, 5) is 22.8. The molecule has 0 aliphatic rings. The molecule has 0 amide bonds. The molecule has 0 bridgehead atoms. The average molecular weight is 264 g/mol. The van der Waals surface area contributed by atoms with Gasteiger partial charge >= 0.3 is 11.9 Å². The molecule has 0 rings (SSSR count). The van der Waals surface area contributed by atoms with Gasteiger partial charge in [0.05, 0.1) is 13.1 Å². The van der Waals surface area contributed by atoms with Gasteiger partial charge < -0.3 is 27.5 Å². The number of halogens is 1. The average Bonchev–Trinajstić information content (AvgIpc) is 2.19. The zero-order chi connectivity index (χ0) is 12.8. The Morgan fingerprint density at radius 3 is 1.71 bits per heavy atom. The molecule has 0 radical (unpaired) electrons. The molecule has 17 heavy (non-hydrogen) atoms. The Balaban J connectivity index is 0. The van der Waals surface area contributed by atoms with Crippen LogP contribution in [0.15, 0.2) is 25.3 Å². The van der Waals surface area contributed by atoms with Crippen LogP contribution in [-0.4, -0.2) is 40.8 Å². The van der Waals surface area contributed by atoms with Gasteiger partial charge in [0.15, 0.2) is 0 Å². The highest BCUT2D eigenvalue weighted by Crippen LogP contribution is 2.06. The number of rotatable bonds is 8. The van der Waals surface area contributed by atoms with E-state index in [1.165, 1.54) is 12.2 Å². The minimum absolute atomic E-state index is 0. The van der Waals surface area contributed by atoms with Crippen molar-refractivity contribution < 1.29 is 37.1 Å². The van der Waals surface area contributed by atoms with Crippen molar-refractivity contribution in [2.24, 2.45) is 0 Å². The summed E-state index contributed by atoms with van der Waals surface area (Å²) in [7, 11) is 0. The summed E-state index contributed by atoms with van der Waals surface area (Å²) in [6, 6.07) is 0. The zero-order valence-corrected chi connectivity index (χ0v) is 10.5. The van der Waals surface area contributed by atoms with Crippen LogP contribution in [0.1, 0.15) is 13.3 Å². The van der Waals surface area contributed by atoms with Crippen LogP contribution in [0.2, 0.25) is 0 Å². The lowest BCUT2D eigenvalue weighted by molar-refractivity contribution is -0.922. The summed E-state index contributed by atoms with van der Waals surface area (Å²) in [5.41, 5.74) is -1.83. The Kier molecular flexibility index (Phi) is 8.35. The topological polar surface area (TPSA) is 79.0 Å². The third-order valence-electron chi connectivity index (χ3n) is 2.65. The lowest BCUT2D eigenvalue weighted by atomic mass is 9.93. The van der Waals surface area contributed by atoms with Gasteiger partial charge in [-0.05, 0) is 12.2 Å². The van der Waals surface area contributed by atoms with Gasteiger partial charge in [0.25, 0.3) is 5.54 Å². The Hall–Kier alpha value is -1.33. The number of carboxylic acids is 2. The highest BCUT2D eigenvalue weighted by Gasteiger charge is 2.53. The molecule has 0 unspecified atom stereocenters. The molecule has 0 saturated carbocycles. The fourth-order valence-electron chi connectivity index (χ4n) is 1.73. The van der Waals surface area contributed by atoms with Gasteiger partial charge in [-0.3, -0.25) is 0 Å². The van der Waals surface area contributed by atoms with Crippen molar-refractivity contribution in [2.75, 3.05) is 13.1 Å². The third-order valence-corrected chi connectivity index (χ3v) is 2.65. The highest BCUT2D eigenvalue weighted by molar-refractivity contribution is 6.01. The molecule has 0 aliphatic heterocycles. The van der Waals surface area contributed by atoms with E-state index < -0.39 is 17.5 Å². The number of hydrogen-bond donors (Lipinski definition) is 3. The molecule has 0 saturated heterocycles.